The number of rotatable bonds is 2. The van der Waals surface area contributed by atoms with Crippen molar-refractivity contribution < 1.29 is 24.5 Å². The van der Waals surface area contributed by atoms with Crippen LogP contribution in [0.3, 0.4) is 0 Å². The van der Waals surface area contributed by atoms with Gasteiger partial charge in [0, 0.05) is 17.8 Å². The van der Waals surface area contributed by atoms with Gasteiger partial charge in [-0.1, -0.05) is 33.8 Å². The van der Waals surface area contributed by atoms with Gasteiger partial charge < -0.3 is 19.7 Å². The van der Waals surface area contributed by atoms with Gasteiger partial charge in [0.2, 0.25) is 0 Å². The molecule has 29 heavy (non-hydrogen) atoms. The highest BCUT2D eigenvalue weighted by atomic mass is 16.6. The molecule has 2 spiro atoms. The van der Waals surface area contributed by atoms with Crippen LogP contribution < -0.4 is 0 Å². The summed E-state index contributed by atoms with van der Waals surface area (Å²) in [4.78, 5) is 13.9. The van der Waals surface area contributed by atoms with E-state index in [1.807, 2.05) is 0 Å². The van der Waals surface area contributed by atoms with Crippen molar-refractivity contribution in [1.29, 1.82) is 0 Å². The fourth-order valence-electron chi connectivity index (χ4n) is 8.80. The van der Waals surface area contributed by atoms with E-state index >= 15 is 0 Å². The molecule has 0 amide bonds. The molecule has 5 heteroatoms. The van der Waals surface area contributed by atoms with Crippen molar-refractivity contribution in [1.82, 2.24) is 0 Å². The Kier molecular flexibility index (Phi) is 3.85. The van der Waals surface area contributed by atoms with Gasteiger partial charge in [-0.2, -0.15) is 0 Å². The summed E-state index contributed by atoms with van der Waals surface area (Å²) in [5.41, 5.74) is -0.434. The van der Waals surface area contributed by atoms with E-state index in [2.05, 4.69) is 27.4 Å². The monoisotopic (exact) mass is 404 g/mol. The first-order valence-corrected chi connectivity index (χ1v) is 11.3. The molecular formula is C24H36O5. The lowest BCUT2D eigenvalue weighted by Crippen LogP contribution is -2.70. The molecule has 1 heterocycles. The van der Waals surface area contributed by atoms with Crippen molar-refractivity contribution in [2.24, 2.45) is 39.9 Å². The summed E-state index contributed by atoms with van der Waals surface area (Å²) in [5, 5.41) is 22.4. The zero-order valence-electron chi connectivity index (χ0n) is 18.5. The Morgan fingerprint density at radius 3 is 2.62 bits per heavy atom. The SMILES string of the molecule is C=C1C(=O)[C@@]23[C@H](C)[C@H]1C[C@@]1(O)OC[C@]4(CCCC(C)(C)[C@H]4C[C@H]2OC(C)(C)O)[C@@H]31. The van der Waals surface area contributed by atoms with E-state index in [1.54, 1.807) is 13.8 Å². The molecule has 0 aromatic carbocycles. The molecule has 5 nitrogen and oxygen atoms in total. The minimum Gasteiger partial charge on any atom is -0.366 e. The van der Waals surface area contributed by atoms with Crippen molar-refractivity contribution in [2.45, 2.75) is 84.4 Å². The summed E-state index contributed by atoms with van der Waals surface area (Å²) >= 11 is 0. The van der Waals surface area contributed by atoms with Crippen LogP contribution in [0.15, 0.2) is 12.2 Å². The Bertz CT molecular complexity index is 781. The second-order valence-electron chi connectivity index (χ2n) is 11.9. The quantitative estimate of drug-likeness (QED) is 0.545. The lowest BCUT2D eigenvalue weighted by Gasteiger charge is -2.66. The predicted molar refractivity (Wildman–Crippen MR) is 108 cm³/mol. The smallest absolute Gasteiger partial charge is 0.170 e. The molecule has 2 bridgehead atoms. The van der Waals surface area contributed by atoms with Crippen molar-refractivity contribution in [3.63, 3.8) is 0 Å². The highest BCUT2D eigenvalue weighted by Gasteiger charge is 2.82. The number of Topliss-reactive ketones (excluding diaryl/α,β-unsaturated/α-hetero) is 1. The first-order valence-electron chi connectivity index (χ1n) is 11.3. The van der Waals surface area contributed by atoms with Gasteiger partial charge in [0.05, 0.1) is 18.1 Å². The average Bonchev–Trinajstić information content (AvgIpc) is 2.94. The van der Waals surface area contributed by atoms with Crippen LogP contribution in [0.25, 0.3) is 0 Å². The Labute approximate surface area is 173 Å². The fourth-order valence-corrected chi connectivity index (χ4v) is 8.80. The van der Waals surface area contributed by atoms with Crippen LogP contribution in [0.2, 0.25) is 0 Å². The van der Waals surface area contributed by atoms with Crippen molar-refractivity contribution in [2.75, 3.05) is 6.61 Å². The van der Waals surface area contributed by atoms with Crippen LogP contribution in [0.1, 0.15) is 66.7 Å². The van der Waals surface area contributed by atoms with Crippen LogP contribution in [-0.2, 0) is 14.3 Å². The minimum absolute atomic E-state index is 0.0182. The summed E-state index contributed by atoms with van der Waals surface area (Å²) in [7, 11) is 0. The van der Waals surface area contributed by atoms with Crippen molar-refractivity contribution in [3.8, 4) is 0 Å². The first kappa shape index (κ1) is 20.2. The molecule has 5 rings (SSSR count). The molecule has 1 aliphatic heterocycles. The molecular weight excluding hydrogens is 368 g/mol. The second kappa shape index (κ2) is 5.53. The number of carbonyl (C=O) groups excluding carboxylic acids is 1. The summed E-state index contributed by atoms with van der Waals surface area (Å²) in [6.07, 6.45) is 3.87. The molecule has 162 valence electrons. The number of ketones is 1. The second-order valence-corrected chi connectivity index (χ2v) is 11.9. The Balaban J connectivity index is 1.76. The highest BCUT2D eigenvalue weighted by molar-refractivity contribution is 6.04. The number of hydrogen-bond donors (Lipinski definition) is 2. The van der Waals surface area contributed by atoms with Gasteiger partial charge in [0.1, 0.15) is 0 Å². The number of ether oxygens (including phenoxy) is 2. The Morgan fingerprint density at radius 1 is 1.28 bits per heavy atom. The molecule has 5 fully saturated rings. The van der Waals surface area contributed by atoms with Crippen LogP contribution >= 0.6 is 0 Å². The third-order valence-corrected chi connectivity index (χ3v) is 9.61. The van der Waals surface area contributed by atoms with E-state index in [1.165, 1.54) is 0 Å². The summed E-state index contributed by atoms with van der Waals surface area (Å²) in [6.45, 7) is 14.7. The number of allylic oxidation sites excluding steroid dienone is 1. The third-order valence-electron chi connectivity index (χ3n) is 9.61. The van der Waals surface area contributed by atoms with Crippen molar-refractivity contribution >= 4 is 5.78 Å². The summed E-state index contributed by atoms with van der Waals surface area (Å²) < 4.78 is 12.5. The van der Waals surface area contributed by atoms with Gasteiger partial charge in [0.15, 0.2) is 17.4 Å². The topological polar surface area (TPSA) is 76.0 Å². The van der Waals surface area contributed by atoms with E-state index in [9.17, 15) is 15.0 Å². The van der Waals surface area contributed by atoms with Crippen LogP contribution in [-0.4, -0.2) is 40.3 Å². The molecule has 0 aromatic rings. The van der Waals surface area contributed by atoms with Gasteiger partial charge in [-0.15, -0.1) is 0 Å². The van der Waals surface area contributed by atoms with E-state index in [4.69, 9.17) is 9.47 Å². The lowest BCUT2D eigenvalue weighted by atomic mass is 9.38. The lowest BCUT2D eigenvalue weighted by molar-refractivity contribution is -0.316. The predicted octanol–water partition coefficient (Wildman–Crippen LogP) is 3.43. The van der Waals surface area contributed by atoms with Crippen LogP contribution in [0.4, 0.5) is 0 Å². The van der Waals surface area contributed by atoms with Gasteiger partial charge >= 0.3 is 0 Å². The molecule has 4 saturated carbocycles. The van der Waals surface area contributed by atoms with Crippen molar-refractivity contribution in [3.05, 3.63) is 12.2 Å². The zero-order valence-corrected chi connectivity index (χ0v) is 18.5. The van der Waals surface area contributed by atoms with E-state index in [0.717, 1.165) is 19.3 Å². The summed E-state index contributed by atoms with van der Waals surface area (Å²) in [5.74, 6) is -2.76. The normalized spacial score (nSPS) is 53.0. The maximum absolute atomic E-state index is 13.9. The Hall–Kier alpha value is -0.750. The number of fused-ring (bicyclic) bond motifs is 1. The summed E-state index contributed by atoms with van der Waals surface area (Å²) in [6, 6.07) is 0. The molecule has 1 saturated heterocycles. The first-order chi connectivity index (χ1) is 13.3. The molecule has 5 aliphatic rings. The zero-order chi connectivity index (χ0) is 21.2. The van der Waals surface area contributed by atoms with Gasteiger partial charge in [-0.3, -0.25) is 4.79 Å². The average molecular weight is 405 g/mol. The molecule has 0 aromatic heterocycles. The van der Waals surface area contributed by atoms with E-state index in [-0.39, 0.29) is 40.3 Å². The maximum Gasteiger partial charge on any atom is 0.170 e. The molecule has 0 radical (unpaired) electrons. The Morgan fingerprint density at radius 2 is 1.97 bits per heavy atom. The highest BCUT2D eigenvalue weighted by Crippen LogP contribution is 2.77. The van der Waals surface area contributed by atoms with Gasteiger partial charge in [-0.25, -0.2) is 0 Å². The van der Waals surface area contributed by atoms with Gasteiger partial charge in [0.25, 0.3) is 0 Å². The fraction of sp³-hybridized carbons (Fsp3) is 0.875. The molecule has 0 unspecified atom stereocenters. The van der Waals surface area contributed by atoms with Crippen LogP contribution in [0, 0.1) is 39.9 Å². The third kappa shape index (κ3) is 2.23. The van der Waals surface area contributed by atoms with Crippen LogP contribution in [0.5, 0.6) is 0 Å². The maximum atomic E-state index is 13.9. The van der Waals surface area contributed by atoms with E-state index < -0.39 is 23.1 Å². The van der Waals surface area contributed by atoms with E-state index in [0.29, 0.717) is 25.0 Å². The minimum atomic E-state index is -1.35. The molecule has 8 atom stereocenters. The molecule has 2 N–H and O–H groups in total. The number of aliphatic hydroxyl groups is 2. The standard InChI is InChI=1S/C24H36O5/c1-13-15-11-23(27)19-22(12-28-23)9-7-8-20(3,4)16(22)10-17(29-21(5,6)26)24(19,14(15)2)18(13)25/h14-17,19,26-27H,1,7-12H2,2-6H3/t14-,15+,16-,17-,19-,22+,23-,24-/m1/s1. The number of carbonyl (C=O) groups is 1. The molecule has 4 aliphatic carbocycles. The number of hydrogen-bond acceptors (Lipinski definition) is 5. The van der Waals surface area contributed by atoms with Gasteiger partial charge in [-0.05, 0) is 61.9 Å². The largest absolute Gasteiger partial charge is 0.366 e.